The average molecular weight is 270 g/mol. The van der Waals surface area contributed by atoms with Crippen molar-refractivity contribution >= 4 is 23.2 Å². The number of carbonyl (C=O) groups is 2. The molecule has 0 bridgehead atoms. The fraction of sp³-hybridized carbons (Fsp3) is 0.500. The highest BCUT2D eigenvalue weighted by atomic mass is 32.1. The second kappa shape index (κ2) is 7.84. The van der Waals surface area contributed by atoms with Crippen molar-refractivity contribution in [1.29, 1.82) is 0 Å². The molecule has 6 heteroatoms. The normalized spacial score (nSPS) is 10.4. The zero-order chi connectivity index (χ0) is 13.4. The van der Waals surface area contributed by atoms with Crippen LogP contribution in [0.1, 0.15) is 11.8 Å². The smallest absolute Gasteiger partial charge is 0.319 e. The van der Waals surface area contributed by atoms with Crippen LogP contribution in [-0.2, 0) is 20.9 Å². The Kier molecular flexibility index (Phi) is 6.38. The molecule has 0 aliphatic carbocycles. The molecule has 1 aromatic heterocycles. The van der Waals surface area contributed by atoms with E-state index in [4.69, 9.17) is 0 Å². The second-order valence-corrected chi connectivity index (χ2v) is 4.77. The van der Waals surface area contributed by atoms with Crippen molar-refractivity contribution in [3.8, 4) is 0 Å². The molecule has 5 nitrogen and oxygen atoms in total. The van der Waals surface area contributed by atoms with E-state index in [2.05, 4.69) is 10.1 Å². The SMILES string of the molecule is CCN(CC(=O)NCc1cccs1)CC(=O)OC. The van der Waals surface area contributed by atoms with Crippen LogP contribution in [0.25, 0.3) is 0 Å². The van der Waals surface area contributed by atoms with Crippen LogP contribution in [0, 0.1) is 0 Å². The Morgan fingerprint density at radius 2 is 2.22 bits per heavy atom. The predicted molar refractivity (Wildman–Crippen MR) is 70.3 cm³/mol. The Morgan fingerprint density at radius 1 is 1.44 bits per heavy atom. The Morgan fingerprint density at radius 3 is 2.78 bits per heavy atom. The van der Waals surface area contributed by atoms with Crippen LogP contribution in [0.2, 0.25) is 0 Å². The first kappa shape index (κ1) is 14.7. The van der Waals surface area contributed by atoms with Gasteiger partial charge in [-0.2, -0.15) is 0 Å². The average Bonchev–Trinajstić information content (AvgIpc) is 2.88. The zero-order valence-electron chi connectivity index (χ0n) is 10.6. The van der Waals surface area contributed by atoms with Gasteiger partial charge in [0.25, 0.3) is 0 Å². The molecule has 0 aromatic carbocycles. The molecule has 0 saturated heterocycles. The van der Waals surface area contributed by atoms with Crippen LogP contribution in [0.3, 0.4) is 0 Å². The molecule has 1 N–H and O–H groups in total. The second-order valence-electron chi connectivity index (χ2n) is 3.74. The fourth-order valence-corrected chi connectivity index (χ4v) is 2.03. The van der Waals surface area contributed by atoms with Crippen LogP contribution >= 0.6 is 11.3 Å². The van der Waals surface area contributed by atoms with E-state index in [1.165, 1.54) is 7.11 Å². The van der Waals surface area contributed by atoms with E-state index in [0.29, 0.717) is 13.1 Å². The van der Waals surface area contributed by atoms with Crippen molar-refractivity contribution < 1.29 is 14.3 Å². The molecule has 100 valence electrons. The number of ether oxygens (including phenoxy) is 1. The van der Waals surface area contributed by atoms with Crippen molar-refractivity contribution in [2.45, 2.75) is 13.5 Å². The molecule has 1 aromatic rings. The third-order valence-corrected chi connectivity index (χ3v) is 3.31. The maximum Gasteiger partial charge on any atom is 0.319 e. The van der Waals surface area contributed by atoms with Gasteiger partial charge in [0.05, 0.1) is 26.7 Å². The third kappa shape index (κ3) is 5.29. The highest BCUT2D eigenvalue weighted by Gasteiger charge is 2.12. The zero-order valence-corrected chi connectivity index (χ0v) is 11.5. The Labute approximate surface area is 111 Å². The summed E-state index contributed by atoms with van der Waals surface area (Å²) in [5.74, 6) is -0.419. The molecular weight excluding hydrogens is 252 g/mol. The Balaban J connectivity index is 2.30. The maximum atomic E-state index is 11.7. The number of amides is 1. The first-order valence-electron chi connectivity index (χ1n) is 5.74. The molecule has 18 heavy (non-hydrogen) atoms. The minimum Gasteiger partial charge on any atom is -0.468 e. The molecule has 0 radical (unpaired) electrons. The monoisotopic (exact) mass is 270 g/mol. The van der Waals surface area contributed by atoms with Crippen LogP contribution < -0.4 is 5.32 Å². The van der Waals surface area contributed by atoms with Crippen LogP contribution in [-0.4, -0.2) is 43.5 Å². The minimum atomic E-state index is -0.331. The van der Waals surface area contributed by atoms with Crippen molar-refractivity contribution in [3.05, 3.63) is 22.4 Å². The molecule has 0 aliphatic rings. The topological polar surface area (TPSA) is 58.6 Å². The van der Waals surface area contributed by atoms with Gasteiger partial charge in [-0.05, 0) is 18.0 Å². The number of nitrogens with one attached hydrogen (secondary N) is 1. The summed E-state index contributed by atoms with van der Waals surface area (Å²) in [5, 5.41) is 4.79. The number of nitrogens with zero attached hydrogens (tertiary/aromatic N) is 1. The van der Waals surface area contributed by atoms with E-state index >= 15 is 0 Å². The third-order valence-electron chi connectivity index (χ3n) is 2.43. The lowest BCUT2D eigenvalue weighted by Gasteiger charge is -2.18. The van der Waals surface area contributed by atoms with Gasteiger partial charge in [-0.1, -0.05) is 13.0 Å². The Hall–Kier alpha value is -1.40. The van der Waals surface area contributed by atoms with Gasteiger partial charge < -0.3 is 10.1 Å². The molecular formula is C12H18N2O3S. The van der Waals surface area contributed by atoms with Gasteiger partial charge in [0, 0.05) is 4.88 Å². The van der Waals surface area contributed by atoms with Crippen molar-refractivity contribution in [2.24, 2.45) is 0 Å². The molecule has 0 aliphatic heterocycles. The summed E-state index contributed by atoms with van der Waals surface area (Å²) >= 11 is 1.60. The first-order valence-corrected chi connectivity index (χ1v) is 6.62. The van der Waals surface area contributed by atoms with Gasteiger partial charge in [0.1, 0.15) is 0 Å². The van der Waals surface area contributed by atoms with E-state index in [9.17, 15) is 9.59 Å². The molecule has 0 unspecified atom stereocenters. The highest BCUT2D eigenvalue weighted by molar-refractivity contribution is 7.09. The molecule has 0 spiro atoms. The van der Waals surface area contributed by atoms with Gasteiger partial charge in [-0.3, -0.25) is 14.5 Å². The van der Waals surface area contributed by atoms with Gasteiger partial charge in [0.2, 0.25) is 5.91 Å². The number of methoxy groups -OCH3 is 1. The fourth-order valence-electron chi connectivity index (χ4n) is 1.38. The summed E-state index contributed by atoms with van der Waals surface area (Å²) in [6, 6.07) is 3.92. The number of carbonyl (C=O) groups excluding carboxylic acids is 2. The highest BCUT2D eigenvalue weighted by Crippen LogP contribution is 2.07. The van der Waals surface area contributed by atoms with Gasteiger partial charge in [-0.25, -0.2) is 0 Å². The number of hydrogen-bond donors (Lipinski definition) is 1. The number of thiophene rings is 1. The Bertz CT molecular complexity index is 379. The summed E-state index contributed by atoms with van der Waals surface area (Å²) < 4.78 is 4.57. The number of hydrogen-bond acceptors (Lipinski definition) is 5. The summed E-state index contributed by atoms with van der Waals surface area (Å²) in [5.41, 5.74) is 0. The van der Waals surface area contributed by atoms with E-state index in [0.717, 1.165) is 4.88 Å². The number of likely N-dealkylation sites (N-methyl/N-ethyl adjacent to an activating group) is 1. The van der Waals surface area contributed by atoms with Crippen LogP contribution in [0.15, 0.2) is 17.5 Å². The van der Waals surface area contributed by atoms with Gasteiger partial charge >= 0.3 is 5.97 Å². The lowest BCUT2D eigenvalue weighted by molar-refractivity contribution is -0.142. The van der Waals surface area contributed by atoms with E-state index < -0.39 is 0 Å². The standard InChI is InChI=1S/C12H18N2O3S/c1-3-14(9-12(16)17-2)8-11(15)13-7-10-5-4-6-18-10/h4-6H,3,7-9H2,1-2H3,(H,13,15). The maximum absolute atomic E-state index is 11.7. The molecule has 1 amide bonds. The van der Waals surface area contributed by atoms with E-state index in [-0.39, 0.29) is 25.0 Å². The quantitative estimate of drug-likeness (QED) is 0.747. The lowest BCUT2D eigenvalue weighted by atomic mass is 10.4. The summed E-state index contributed by atoms with van der Waals surface area (Å²) in [4.78, 5) is 25.6. The van der Waals surface area contributed by atoms with Crippen molar-refractivity contribution in [3.63, 3.8) is 0 Å². The van der Waals surface area contributed by atoms with Gasteiger partial charge in [0.15, 0.2) is 0 Å². The molecule has 1 heterocycles. The molecule has 0 atom stereocenters. The summed E-state index contributed by atoms with van der Waals surface area (Å²) in [6.45, 7) is 3.40. The van der Waals surface area contributed by atoms with Gasteiger partial charge in [-0.15, -0.1) is 11.3 Å². The molecule has 0 fully saturated rings. The number of rotatable bonds is 7. The van der Waals surface area contributed by atoms with Crippen LogP contribution in [0.5, 0.6) is 0 Å². The van der Waals surface area contributed by atoms with Crippen molar-refractivity contribution in [2.75, 3.05) is 26.7 Å². The van der Waals surface area contributed by atoms with E-state index in [1.807, 2.05) is 24.4 Å². The number of esters is 1. The first-order chi connectivity index (χ1) is 8.65. The minimum absolute atomic E-state index is 0.0887. The predicted octanol–water partition coefficient (Wildman–Crippen LogP) is 0.859. The lowest BCUT2D eigenvalue weighted by Crippen LogP contribution is -2.39. The molecule has 1 rings (SSSR count). The summed E-state index contributed by atoms with van der Waals surface area (Å²) in [6.07, 6.45) is 0. The van der Waals surface area contributed by atoms with E-state index in [1.54, 1.807) is 16.2 Å². The summed E-state index contributed by atoms with van der Waals surface area (Å²) in [7, 11) is 1.34. The van der Waals surface area contributed by atoms with Crippen LogP contribution in [0.4, 0.5) is 0 Å². The van der Waals surface area contributed by atoms with Crippen molar-refractivity contribution in [1.82, 2.24) is 10.2 Å². The molecule has 0 saturated carbocycles. The largest absolute Gasteiger partial charge is 0.468 e.